The fourth-order valence-corrected chi connectivity index (χ4v) is 5.48. The van der Waals surface area contributed by atoms with Gasteiger partial charge in [-0.15, -0.1) is 0 Å². The van der Waals surface area contributed by atoms with Gasteiger partial charge in [0.25, 0.3) is 5.56 Å². The Hall–Kier alpha value is -2.41. The van der Waals surface area contributed by atoms with Crippen molar-refractivity contribution in [3.63, 3.8) is 0 Å². The summed E-state index contributed by atoms with van der Waals surface area (Å²) in [5, 5.41) is 0. The summed E-state index contributed by atoms with van der Waals surface area (Å²) < 4.78 is 26.6. The van der Waals surface area contributed by atoms with Gasteiger partial charge in [0, 0.05) is 43.7 Å². The van der Waals surface area contributed by atoms with Crippen LogP contribution >= 0.6 is 0 Å². The van der Waals surface area contributed by atoms with Gasteiger partial charge in [-0.2, -0.15) is 0 Å². The molecule has 0 spiro atoms. The van der Waals surface area contributed by atoms with Crippen LogP contribution in [0.5, 0.6) is 0 Å². The fraction of sp³-hybridized carbons (Fsp3) is 0.400. The Kier molecular flexibility index (Phi) is 4.63. The molecule has 2 atom stereocenters. The van der Waals surface area contributed by atoms with Crippen molar-refractivity contribution in [3.05, 3.63) is 64.6 Å². The van der Waals surface area contributed by atoms with E-state index in [9.17, 15) is 18.0 Å². The van der Waals surface area contributed by atoms with Gasteiger partial charge in [0.15, 0.2) is 9.84 Å². The zero-order valence-corrected chi connectivity index (χ0v) is 15.8. The van der Waals surface area contributed by atoms with Gasteiger partial charge < -0.3 is 9.47 Å². The lowest BCUT2D eigenvalue weighted by Crippen LogP contribution is -2.49. The predicted molar refractivity (Wildman–Crippen MR) is 101 cm³/mol. The van der Waals surface area contributed by atoms with E-state index in [1.165, 1.54) is 0 Å². The number of piperidine rings is 1. The van der Waals surface area contributed by atoms with Crippen LogP contribution in [0.2, 0.25) is 0 Å². The maximum atomic E-state index is 12.7. The summed E-state index contributed by atoms with van der Waals surface area (Å²) in [7, 11) is -3.46. The number of fused-ring (bicyclic) bond motifs is 4. The molecule has 0 saturated carbocycles. The van der Waals surface area contributed by atoms with Crippen LogP contribution in [0.15, 0.2) is 58.2 Å². The van der Waals surface area contributed by atoms with Crippen LogP contribution in [-0.2, 0) is 21.2 Å². The largest absolute Gasteiger partial charge is 0.342 e. The number of pyridine rings is 1. The molecule has 142 valence electrons. The Bertz CT molecular complexity index is 1010. The quantitative estimate of drug-likeness (QED) is 0.801. The summed E-state index contributed by atoms with van der Waals surface area (Å²) in [6.45, 7) is 1.75. The van der Waals surface area contributed by atoms with E-state index in [0.29, 0.717) is 19.6 Å². The molecule has 1 aromatic carbocycles. The number of amides is 1. The lowest BCUT2D eigenvalue weighted by Gasteiger charge is -2.42. The van der Waals surface area contributed by atoms with E-state index in [-0.39, 0.29) is 40.4 Å². The fourth-order valence-electron chi connectivity index (χ4n) is 4.23. The van der Waals surface area contributed by atoms with Crippen LogP contribution in [0.4, 0.5) is 0 Å². The van der Waals surface area contributed by atoms with Crippen molar-refractivity contribution < 1.29 is 13.2 Å². The minimum atomic E-state index is -3.46. The molecule has 2 bridgehead atoms. The zero-order chi connectivity index (χ0) is 19.0. The standard InChI is InChI=1S/C20H22N2O4S/c23-19(9-10-27(25,26)17-5-2-1-3-6-17)21-12-15-11-16(14-21)18-7-4-8-20(24)22(18)13-15/h1-8,15-16H,9-14H2/t15-,16-/m0/s1. The number of likely N-dealkylation sites (tertiary alicyclic amines) is 1. The average Bonchev–Trinajstić information content (AvgIpc) is 2.67. The third-order valence-corrected chi connectivity index (χ3v) is 7.25. The Balaban J connectivity index is 1.45. The molecule has 0 aliphatic carbocycles. The molecule has 4 rings (SSSR count). The highest BCUT2D eigenvalue weighted by Gasteiger charge is 2.36. The van der Waals surface area contributed by atoms with Crippen LogP contribution in [-0.4, -0.2) is 42.6 Å². The monoisotopic (exact) mass is 386 g/mol. The lowest BCUT2D eigenvalue weighted by molar-refractivity contribution is -0.133. The molecule has 3 heterocycles. The molecular formula is C20H22N2O4S. The first-order chi connectivity index (χ1) is 12.9. The molecule has 0 N–H and O–H groups in total. The number of nitrogens with zero attached hydrogens (tertiary/aromatic N) is 2. The maximum Gasteiger partial charge on any atom is 0.250 e. The molecule has 1 amide bonds. The molecule has 6 nitrogen and oxygen atoms in total. The molecule has 2 aliphatic rings. The molecule has 2 aromatic rings. The molecule has 0 unspecified atom stereocenters. The Morgan fingerprint density at radius 2 is 1.78 bits per heavy atom. The summed E-state index contributed by atoms with van der Waals surface area (Å²) in [6.07, 6.45) is 0.952. The summed E-state index contributed by atoms with van der Waals surface area (Å²) in [5.41, 5.74) is 0.990. The van der Waals surface area contributed by atoms with Crippen molar-refractivity contribution >= 4 is 15.7 Å². The van der Waals surface area contributed by atoms with E-state index in [2.05, 4.69) is 0 Å². The van der Waals surface area contributed by atoms with Gasteiger partial charge in [-0.25, -0.2) is 8.42 Å². The highest BCUT2D eigenvalue weighted by molar-refractivity contribution is 7.91. The summed E-state index contributed by atoms with van der Waals surface area (Å²) in [5.74, 6) is 0.0700. The first kappa shape index (κ1) is 18.0. The number of hydrogen-bond acceptors (Lipinski definition) is 4. The van der Waals surface area contributed by atoms with E-state index in [0.717, 1.165) is 12.1 Å². The second-order valence-electron chi connectivity index (χ2n) is 7.38. The average molecular weight is 386 g/mol. The Morgan fingerprint density at radius 1 is 1.00 bits per heavy atom. The number of carbonyl (C=O) groups is 1. The number of hydrogen-bond donors (Lipinski definition) is 0. The van der Waals surface area contributed by atoms with E-state index >= 15 is 0 Å². The van der Waals surface area contributed by atoms with E-state index in [4.69, 9.17) is 0 Å². The number of benzene rings is 1. The molecule has 1 aromatic heterocycles. The van der Waals surface area contributed by atoms with Crippen molar-refractivity contribution in [2.24, 2.45) is 5.92 Å². The third-order valence-electron chi connectivity index (χ3n) is 5.52. The van der Waals surface area contributed by atoms with E-state index in [1.807, 2.05) is 10.6 Å². The molecule has 27 heavy (non-hydrogen) atoms. The predicted octanol–water partition coefficient (Wildman–Crippen LogP) is 1.66. The van der Waals surface area contributed by atoms with Crippen molar-refractivity contribution in [1.82, 2.24) is 9.47 Å². The first-order valence-electron chi connectivity index (χ1n) is 9.19. The number of sulfone groups is 1. The van der Waals surface area contributed by atoms with E-state index < -0.39 is 9.84 Å². The van der Waals surface area contributed by atoms with Crippen molar-refractivity contribution in [2.75, 3.05) is 18.8 Å². The van der Waals surface area contributed by atoms with Gasteiger partial charge in [-0.1, -0.05) is 24.3 Å². The van der Waals surface area contributed by atoms with Crippen LogP contribution in [0.3, 0.4) is 0 Å². The SMILES string of the molecule is O=C(CCS(=O)(=O)c1ccccc1)N1C[C@@H]2C[C@@H](C1)c1cccc(=O)n1C2. The van der Waals surface area contributed by atoms with E-state index in [1.54, 1.807) is 47.4 Å². The maximum absolute atomic E-state index is 12.7. The summed E-state index contributed by atoms with van der Waals surface area (Å²) >= 11 is 0. The van der Waals surface area contributed by atoms with Crippen molar-refractivity contribution in [1.29, 1.82) is 0 Å². The second-order valence-corrected chi connectivity index (χ2v) is 9.49. The highest BCUT2D eigenvalue weighted by Crippen LogP contribution is 2.35. The topological polar surface area (TPSA) is 76.5 Å². The van der Waals surface area contributed by atoms with Gasteiger partial charge in [-0.05, 0) is 30.5 Å². The smallest absolute Gasteiger partial charge is 0.250 e. The number of rotatable bonds is 4. The van der Waals surface area contributed by atoms with Gasteiger partial charge in [0.1, 0.15) is 0 Å². The van der Waals surface area contributed by atoms with Crippen LogP contribution < -0.4 is 5.56 Å². The Labute approximate surface area is 158 Å². The minimum absolute atomic E-state index is 0.0101. The molecule has 7 heteroatoms. The molecule has 2 aliphatic heterocycles. The molecule has 1 fully saturated rings. The van der Waals surface area contributed by atoms with Crippen molar-refractivity contribution in [2.45, 2.75) is 30.2 Å². The zero-order valence-electron chi connectivity index (χ0n) is 15.0. The number of aromatic nitrogens is 1. The van der Waals surface area contributed by atoms with Crippen LogP contribution in [0.1, 0.15) is 24.5 Å². The molecular weight excluding hydrogens is 364 g/mol. The highest BCUT2D eigenvalue weighted by atomic mass is 32.2. The molecule has 1 saturated heterocycles. The first-order valence-corrected chi connectivity index (χ1v) is 10.8. The van der Waals surface area contributed by atoms with Gasteiger partial charge in [0.2, 0.25) is 5.91 Å². The lowest BCUT2D eigenvalue weighted by atomic mass is 9.83. The summed E-state index contributed by atoms with van der Waals surface area (Å²) in [4.78, 5) is 26.8. The normalized spacial score (nSPS) is 21.6. The second kappa shape index (κ2) is 6.96. The van der Waals surface area contributed by atoms with Crippen LogP contribution in [0.25, 0.3) is 0 Å². The third kappa shape index (κ3) is 3.56. The minimum Gasteiger partial charge on any atom is -0.342 e. The van der Waals surface area contributed by atoms with Gasteiger partial charge >= 0.3 is 0 Å². The molecule has 0 radical (unpaired) electrons. The van der Waals surface area contributed by atoms with Gasteiger partial charge in [0.05, 0.1) is 10.6 Å². The van der Waals surface area contributed by atoms with Gasteiger partial charge in [-0.3, -0.25) is 9.59 Å². The van der Waals surface area contributed by atoms with Crippen LogP contribution in [0, 0.1) is 5.92 Å². The summed E-state index contributed by atoms with van der Waals surface area (Å²) in [6, 6.07) is 13.5. The van der Waals surface area contributed by atoms with Crippen molar-refractivity contribution in [3.8, 4) is 0 Å². The number of carbonyl (C=O) groups excluding carboxylic acids is 1. The Morgan fingerprint density at radius 3 is 2.56 bits per heavy atom.